The van der Waals surface area contributed by atoms with Crippen LogP contribution in [-0.4, -0.2) is 58.6 Å². The van der Waals surface area contributed by atoms with Crippen LogP contribution in [0.2, 0.25) is 0 Å². The number of oxazole rings is 1. The molecule has 1 amide bonds. The molecule has 1 N–H and O–H groups in total. The van der Waals surface area contributed by atoms with Crippen LogP contribution in [0.25, 0.3) is 0 Å². The first-order chi connectivity index (χ1) is 12.0. The highest BCUT2D eigenvalue weighted by Crippen LogP contribution is 2.17. The molecular weight excluding hydrogens is 322 g/mol. The minimum absolute atomic E-state index is 0.0723. The van der Waals surface area contributed by atoms with E-state index >= 15 is 0 Å². The number of anilines is 1. The molecule has 1 aliphatic heterocycles. The molecule has 0 bridgehead atoms. The van der Waals surface area contributed by atoms with Crippen molar-refractivity contribution < 1.29 is 13.7 Å². The Balaban J connectivity index is 1.45. The highest BCUT2D eigenvalue weighted by atomic mass is 16.5. The van der Waals surface area contributed by atoms with Crippen LogP contribution < -0.4 is 5.32 Å². The van der Waals surface area contributed by atoms with Gasteiger partial charge < -0.3 is 14.3 Å². The van der Waals surface area contributed by atoms with Crippen molar-refractivity contribution in [1.29, 1.82) is 0 Å². The number of rotatable bonds is 7. The van der Waals surface area contributed by atoms with Crippen molar-refractivity contribution in [3.63, 3.8) is 0 Å². The van der Waals surface area contributed by atoms with Gasteiger partial charge in [0.1, 0.15) is 11.5 Å². The average molecular weight is 347 g/mol. The maximum atomic E-state index is 12.1. The third kappa shape index (κ3) is 4.67. The first-order valence-corrected chi connectivity index (χ1v) is 8.63. The average Bonchev–Trinajstić information content (AvgIpc) is 3.29. The number of carbonyl (C=O) groups excluding carboxylic acids is 1. The molecule has 3 rings (SSSR count). The summed E-state index contributed by atoms with van der Waals surface area (Å²) in [6, 6.07) is 2.10. The summed E-state index contributed by atoms with van der Waals surface area (Å²) in [4.78, 5) is 20.8. The molecule has 1 fully saturated rings. The van der Waals surface area contributed by atoms with Gasteiger partial charge in [-0.05, 0) is 20.4 Å². The summed E-state index contributed by atoms with van der Waals surface area (Å²) in [5.74, 6) is 2.73. The third-order valence-electron chi connectivity index (χ3n) is 4.47. The Kier molecular flexibility index (Phi) is 5.50. The normalized spacial score (nSPS) is 18.2. The molecule has 3 heterocycles. The fraction of sp³-hybridized carbons (Fsp3) is 0.588. The molecule has 8 nitrogen and oxygen atoms in total. The highest BCUT2D eigenvalue weighted by molar-refractivity contribution is 5.91. The van der Waals surface area contributed by atoms with Gasteiger partial charge in [-0.3, -0.25) is 14.6 Å². The number of hydrogen-bond acceptors (Lipinski definition) is 7. The summed E-state index contributed by atoms with van der Waals surface area (Å²) in [5, 5.41) is 6.54. The summed E-state index contributed by atoms with van der Waals surface area (Å²) in [7, 11) is 2.07. The van der Waals surface area contributed by atoms with E-state index in [-0.39, 0.29) is 5.91 Å². The van der Waals surface area contributed by atoms with Crippen molar-refractivity contribution in [3.05, 3.63) is 29.7 Å². The number of aromatic nitrogens is 2. The van der Waals surface area contributed by atoms with Gasteiger partial charge in [-0.15, -0.1) is 0 Å². The van der Waals surface area contributed by atoms with E-state index in [1.54, 1.807) is 19.2 Å². The molecule has 1 atom stereocenters. The first-order valence-electron chi connectivity index (χ1n) is 8.63. The smallest absolute Gasteiger partial charge is 0.239 e. The first kappa shape index (κ1) is 17.6. The van der Waals surface area contributed by atoms with E-state index in [1.807, 2.05) is 6.92 Å². The molecule has 136 valence electrons. The molecule has 0 unspecified atom stereocenters. The lowest BCUT2D eigenvalue weighted by atomic mass is 10.2. The molecule has 8 heteroatoms. The Morgan fingerprint density at radius 2 is 2.36 bits per heavy atom. The van der Waals surface area contributed by atoms with Gasteiger partial charge >= 0.3 is 0 Å². The van der Waals surface area contributed by atoms with Gasteiger partial charge in [-0.1, -0.05) is 12.1 Å². The second kappa shape index (κ2) is 7.79. The standard InChI is InChI=1S/C17H25N5O3/c1-4-14-8-18-17(24-14)11-21(3)13-5-6-22(9-13)10-16(23)19-15-7-12(2)25-20-15/h7-8,13H,4-6,9-11H2,1-3H3,(H,19,20,23)/t13-/m1/s1. The van der Waals surface area contributed by atoms with Gasteiger partial charge in [0.05, 0.1) is 19.3 Å². The minimum atomic E-state index is -0.0723. The number of nitrogens with zero attached hydrogens (tertiary/aromatic N) is 4. The maximum Gasteiger partial charge on any atom is 0.239 e. The van der Waals surface area contributed by atoms with Gasteiger partial charge in [-0.25, -0.2) is 4.98 Å². The number of aryl methyl sites for hydroxylation is 2. The van der Waals surface area contributed by atoms with E-state index in [1.165, 1.54) is 0 Å². The van der Waals surface area contributed by atoms with Crippen molar-refractivity contribution in [2.24, 2.45) is 0 Å². The molecule has 2 aromatic rings. The van der Waals surface area contributed by atoms with Crippen molar-refractivity contribution in [1.82, 2.24) is 19.9 Å². The van der Waals surface area contributed by atoms with Gasteiger partial charge in [0.25, 0.3) is 0 Å². The summed E-state index contributed by atoms with van der Waals surface area (Å²) in [6.45, 7) is 6.63. The van der Waals surface area contributed by atoms with Crippen LogP contribution in [0.3, 0.4) is 0 Å². The van der Waals surface area contributed by atoms with Crippen molar-refractivity contribution in [2.75, 3.05) is 32.0 Å². The fourth-order valence-corrected chi connectivity index (χ4v) is 3.05. The second-order valence-corrected chi connectivity index (χ2v) is 6.54. The predicted molar refractivity (Wildman–Crippen MR) is 92.1 cm³/mol. The monoisotopic (exact) mass is 347 g/mol. The van der Waals surface area contributed by atoms with E-state index in [9.17, 15) is 4.79 Å². The number of likely N-dealkylation sites (tertiary alicyclic amines) is 1. The van der Waals surface area contributed by atoms with Gasteiger partial charge in [0, 0.05) is 31.6 Å². The molecule has 2 aromatic heterocycles. The zero-order valence-electron chi connectivity index (χ0n) is 15.0. The van der Waals surface area contributed by atoms with Crippen LogP contribution in [0.15, 0.2) is 21.2 Å². The van der Waals surface area contributed by atoms with Crippen molar-refractivity contribution in [2.45, 2.75) is 39.3 Å². The van der Waals surface area contributed by atoms with Gasteiger partial charge in [-0.2, -0.15) is 0 Å². The lowest BCUT2D eigenvalue weighted by Gasteiger charge is -2.23. The fourth-order valence-electron chi connectivity index (χ4n) is 3.05. The molecule has 0 spiro atoms. The van der Waals surface area contributed by atoms with E-state index in [0.717, 1.165) is 37.6 Å². The minimum Gasteiger partial charge on any atom is -0.444 e. The van der Waals surface area contributed by atoms with E-state index in [4.69, 9.17) is 8.94 Å². The molecule has 1 saturated heterocycles. The second-order valence-electron chi connectivity index (χ2n) is 6.54. The predicted octanol–water partition coefficient (Wildman–Crippen LogP) is 1.68. The Bertz CT molecular complexity index is 711. The van der Waals surface area contributed by atoms with Crippen LogP contribution in [0, 0.1) is 6.92 Å². The zero-order chi connectivity index (χ0) is 17.8. The topological polar surface area (TPSA) is 87.6 Å². The number of nitrogens with one attached hydrogen (secondary N) is 1. The van der Waals surface area contributed by atoms with Crippen molar-refractivity contribution in [3.8, 4) is 0 Å². The lowest BCUT2D eigenvalue weighted by Crippen LogP contribution is -2.37. The lowest BCUT2D eigenvalue weighted by molar-refractivity contribution is -0.117. The summed E-state index contributed by atoms with van der Waals surface area (Å²) < 4.78 is 10.6. The molecule has 0 radical (unpaired) electrons. The Labute approximate surface area is 147 Å². The number of likely N-dealkylation sites (N-methyl/N-ethyl adjacent to an activating group) is 1. The zero-order valence-corrected chi connectivity index (χ0v) is 15.0. The van der Waals surface area contributed by atoms with Crippen LogP contribution in [0.1, 0.15) is 30.8 Å². The van der Waals surface area contributed by atoms with Crippen LogP contribution in [-0.2, 0) is 17.8 Å². The molecular formula is C17H25N5O3. The number of amides is 1. The molecule has 1 aliphatic rings. The van der Waals surface area contributed by atoms with Crippen molar-refractivity contribution >= 4 is 11.7 Å². The quantitative estimate of drug-likeness (QED) is 0.815. The maximum absolute atomic E-state index is 12.1. The van der Waals surface area contributed by atoms with E-state index in [2.05, 4.69) is 32.3 Å². The summed E-state index contributed by atoms with van der Waals surface area (Å²) in [6.07, 6.45) is 3.67. The molecule has 0 saturated carbocycles. The van der Waals surface area contributed by atoms with E-state index in [0.29, 0.717) is 30.7 Å². The van der Waals surface area contributed by atoms with Crippen LogP contribution in [0.5, 0.6) is 0 Å². The Morgan fingerprint density at radius 3 is 3.04 bits per heavy atom. The van der Waals surface area contributed by atoms with Gasteiger partial charge in [0.15, 0.2) is 5.82 Å². The van der Waals surface area contributed by atoms with E-state index < -0.39 is 0 Å². The Morgan fingerprint density at radius 1 is 1.52 bits per heavy atom. The Hall–Kier alpha value is -2.19. The molecule has 25 heavy (non-hydrogen) atoms. The van der Waals surface area contributed by atoms with Crippen LogP contribution in [0.4, 0.5) is 5.82 Å². The largest absolute Gasteiger partial charge is 0.444 e. The third-order valence-corrected chi connectivity index (χ3v) is 4.47. The SMILES string of the molecule is CCc1cnc(CN(C)[C@@H]2CCN(CC(=O)Nc3cc(C)on3)C2)o1. The molecule has 0 aliphatic carbocycles. The van der Waals surface area contributed by atoms with Gasteiger partial charge in [0.2, 0.25) is 11.8 Å². The summed E-state index contributed by atoms with van der Waals surface area (Å²) in [5.41, 5.74) is 0. The number of hydrogen-bond donors (Lipinski definition) is 1. The van der Waals surface area contributed by atoms with Crippen LogP contribution >= 0.6 is 0 Å². The molecule has 0 aromatic carbocycles. The highest BCUT2D eigenvalue weighted by Gasteiger charge is 2.27. The summed E-state index contributed by atoms with van der Waals surface area (Å²) >= 11 is 0. The number of carbonyl (C=O) groups is 1.